The molecule has 0 aromatic rings. The van der Waals surface area contributed by atoms with Crippen LogP contribution in [0.1, 0.15) is 40.0 Å². The zero-order valence-electron chi connectivity index (χ0n) is 11.0. The van der Waals surface area contributed by atoms with Gasteiger partial charge in [0, 0.05) is 13.2 Å². The van der Waals surface area contributed by atoms with Gasteiger partial charge in [-0.25, -0.2) is 0 Å². The molecule has 1 N–H and O–H groups in total. The molecule has 0 aromatic carbocycles. The fourth-order valence-corrected chi connectivity index (χ4v) is 1.84. The zero-order valence-corrected chi connectivity index (χ0v) is 11.0. The first-order chi connectivity index (χ1) is 7.68. The summed E-state index contributed by atoms with van der Waals surface area (Å²) in [5.74, 6) is 0.703. The number of rotatable bonds is 7. The lowest BCUT2D eigenvalue weighted by atomic mass is 10.1. The highest BCUT2D eigenvalue weighted by atomic mass is 16.5. The average molecular weight is 229 g/mol. The summed E-state index contributed by atoms with van der Waals surface area (Å²) in [7, 11) is 0. The summed E-state index contributed by atoms with van der Waals surface area (Å²) in [5, 5.41) is 3.41. The van der Waals surface area contributed by atoms with Crippen LogP contribution < -0.4 is 5.32 Å². The van der Waals surface area contributed by atoms with Gasteiger partial charge in [-0.3, -0.25) is 0 Å². The Morgan fingerprint density at radius 3 is 2.69 bits per heavy atom. The fourth-order valence-electron chi connectivity index (χ4n) is 1.84. The van der Waals surface area contributed by atoms with E-state index in [9.17, 15) is 0 Å². The Kier molecular flexibility index (Phi) is 7.01. The molecule has 1 saturated heterocycles. The van der Waals surface area contributed by atoms with Gasteiger partial charge in [0.2, 0.25) is 0 Å². The third-order valence-corrected chi connectivity index (χ3v) is 2.83. The van der Waals surface area contributed by atoms with Crippen LogP contribution in [0.25, 0.3) is 0 Å². The Morgan fingerprint density at radius 2 is 2.06 bits per heavy atom. The predicted octanol–water partition coefficient (Wildman–Crippen LogP) is 2.21. The van der Waals surface area contributed by atoms with Gasteiger partial charge in [-0.1, -0.05) is 13.8 Å². The van der Waals surface area contributed by atoms with Crippen molar-refractivity contribution >= 4 is 0 Å². The molecule has 3 heteroatoms. The van der Waals surface area contributed by atoms with Gasteiger partial charge in [0.15, 0.2) is 0 Å². The quantitative estimate of drug-likeness (QED) is 0.726. The van der Waals surface area contributed by atoms with E-state index in [1.54, 1.807) is 0 Å². The molecule has 1 fully saturated rings. The van der Waals surface area contributed by atoms with Gasteiger partial charge in [-0.15, -0.1) is 0 Å². The zero-order chi connectivity index (χ0) is 11.8. The standard InChI is InChI=1S/C13H27NO2/c1-11(2)8-14-9-12(3)16-10-13-6-4-5-7-15-13/h11-14H,4-10H2,1-3H3. The summed E-state index contributed by atoms with van der Waals surface area (Å²) in [6.45, 7) is 10.2. The third-order valence-electron chi connectivity index (χ3n) is 2.83. The molecule has 2 atom stereocenters. The van der Waals surface area contributed by atoms with Gasteiger partial charge in [0.25, 0.3) is 0 Å². The van der Waals surface area contributed by atoms with E-state index >= 15 is 0 Å². The van der Waals surface area contributed by atoms with Gasteiger partial charge in [0.1, 0.15) is 0 Å². The van der Waals surface area contributed by atoms with Crippen molar-refractivity contribution in [3.05, 3.63) is 0 Å². The molecule has 0 spiro atoms. The van der Waals surface area contributed by atoms with E-state index in [-0.39, 0.29) is 6.10 Å². The Morgan fingerprint density at radius 1 is 1.25 bits per heavy atom. The van der Waals surface area contributed by atoms with Crippen molar-refractivity contribution < 1.29 is 9.47 Å². The molecule has 1 heterocycles. The lowest BCUT2D eigenvalue weighted by Crippen LogP contribution is -2.33. The number of nitrogens with one attached hydrogen (secondary N) is 1. The summed E-state index contributed by atoms with van der Waals surface area (Å²) in [5.41, 5.74) is 0. The molecular weight excluding hydrogens is 202 g/mol. The largest absolute Gasteiger partial charge is 0.376 e. The van der Waals surface area contributed by atoms with E-state index in [1.807, 2.05) is 0 Å². The van der Waals surface area contributed by atoms with Crippen LogP contribution in [0.4, 0.5) is 0 Å². The molecule has 16 heavy (non-hydrogen) atoms. The first-order valence-corrected chi connectivity index (χ1v) is 6.62. The van der Waals surface area contributed by atoms with Crippen molar-refractivity contribution in [2.24, 2.45) is 5.92 Å². The van der Waals surface area contributed by atoms with E-state index < -0.39 is 0 Å². The molecule has 0 radical (unpaired) electrons. The molecule has 0 bridgehead atoms. The second-order valence-electron chi connectivity index (χ2n) is 5.18. The molecule has 0 saturated carbocycles. The maximum absolute atomic E-state index is 5.78. The van der Waals surface area contributed by atoms with E-state index in [4.69, 9.17) is 9.47 Å². The van der Waals surface area contributed by atoms with Gasteiger partial charge in [-0.2, -0.15) is 0 Å². The van der Waals surface area contributed by atoms with E-state index in [1.165, 1.54) is 12.8 Å². The maximum Gasteiger partial charge on any atom is 0.0808 e. The van der Waals surface area contributed by atoms with Crippen LogP contribution in [0, 0.1) is 5.92 Å². The summed E-state index contributed by atoms with van der Waals surface area (Å²) in [6, 6.07) is 0. The van der Waals surface area contributed by atoms with Gasteiger partial charge in [0.05, 0.1) is 18.8 Å². The van der Waals surface area contributed by atoms with E-state index in [0.717, 1.165) is 32.7 Å². The van der Waals surface area contributed by atoms with Crippen LogP contribution in [-0.4, -0.2) is 38.5 Å². The summed E-state index contributed by atoms with van der Waals surface area (Å²) >= 11 is 0. The lowest BCUT2D eigenvalue weighted by molar-refractivity contribution is -0.0584. The Bertz CT molecular complexity index is 167. The van der Waals surface area contributed by atoms with Crippen LogP contribution in [0.15, 0.2) is 0 Å². The molecule has 1 aliphatic rings. The molecule has 3 nitrogen and oxygen atoms in total. The molecular formula is C13H27NO2. The Balaban J connectivity index is 1.98. The maximum atomic E-state index is 5.78. The van der Waals surface area contributed by atoms with Crippen molar-refractivity contribution in [3.8, 4) is 0 Å². The summed E-state index contributed by atoms with van der Waals surface area (Å²) in [4.78, 5) is 0. The monoisotopic (exact) mass is 229 g/mol. The van der Waals surface area contributed by atoms with Crippen LogP contribution in [0.5, 0.6) is 0 Å². The fraction of sp³-hybridized carbons (Fsp3) is 1.00. The van der Waals surface area contributed by atoms with Crippen molar-refractivity contribution in [2.75, 3.05) is 26.3 Å². The third kappa shape index (κ3) is 6.46. The number of ether oxygens (including phenoxy) is 2. The normalized spacial score (nSPS) is 23.6. The number of hydrogen-bond donors (Lipinski definition) is 1. The SMILES string of the molecule is CC(C)CNCC(C)OCC1CCCCO1. The van der Waals surface area contributed by atoms with Crippen molar-refractivity contribution in [1.82, 2.24) is 5.32 Å². The smallest absolute Gasteiger partial charge is 0.0808 e. The van der Waals surface area contributed by atoms with Crippen LogP contribution in [-0.2, 0) is 9.47 Å². The first-order valence-electron chi connectivity index (χ1n) is 6.62. The lowest BCUT2D eigenvalue weighted by Gasteiger charge is -2.24. The van der Waals surface area contributed by atoms with Crippen LogP contribution in [0.2, 0.25) is 0 Å². The highest BCUT2D eigenvalue weighted by molar-refractivity contribution is 4.64. The highest BCUT2D eigenvalue weighted by Gasteiger charge is 2.15. The van der Waals surface area contributed by atoms with Crippen molar-refractivity contribution in [3.63, 3.8) is 0 Å². The van der Waals surface area contributed by atoms with Crippen LogP contribution in [0.3, 0.4) is 0 Å². The second kappa shape index (κ2) is 8.04. The van der Waals surface area contributed by atoms with E-state index in [0.29, 0.717) is 12.0 Å². The minimum Gasteiger partial charge on any atom is -0.376 e. The average Bonchev–Trinajstić information content (AvgIpc) is 2.27. The topological polar surface area (TPSA) is 30.5 Å². The van der Waals surface area contributed by atoms with Crippen LogP contribution >= 0.6 is 0 Å². The molecule has 1 aliphatic heterocycles. The van der Waals surface area contributed by atoms with Crippen molar-refractivity contribution in [2.45, 2.75) is 52.2 Å². The minimum absolute atomic E-state index is 0.282. The van der Waals surface area contributed by atoms with Gasteiger partial charge >= 0.3 is 0 Å². The van der Waals surface area contributed by atoms with Gasteiger partial charge in [-0.05, 0) is 38.6 Å². The summed E-state index contributed by atoms with van der Waals surface area (Å²) < 4.78 is 11.4. The first kappa shape index (κ1) is 13.9. The number of hydrogen-bond acceptors (Lipinski definition) is 3. The molecule has 2 unspecified atom stereocenters. The molecule has 0 amide bonds. The predicted molar refractivity (Wildman–Crippen MR) is 66.7 cm³/mol. The van der Waals surface area contributed by atoms with E-state index in [2.05, 4.69) is 26.1 Å². The Labute approximate surface area is 99.9 Å². The summed E-state index contributed by atoms with van der Waals surface area (Å²) in [6.07, 6.45) is 4.27. The highest BCUT2D eigenvalue weighted by Crippen LogP contribution is 2.13. The second-order valence-corrected chi connectivity index (χ2v) is 5.18. The Hall–Kier alpha value is -0.120. The molecule has 0 aromatic heterocycles. The molecule has 96 valence electrons. The van der Waals surface area contributed by atoms with Crippen molar-refractivity contribution in [1.29, 1.82) is 0 Å². The molecule has 0 aliphatic carbocycles. The molecule has 1 rings (SSSR count). The minimum atomic E-state index is 0.282. The van der Waals surface area contributed by atoms with Gasteiger partial charge < -0.3 is 14.8 Å².